The molecule has 4 heteroatoms. The van der Waals surface area contributed by atoms with Crippen molar-refractivity contribution < 1.29 is 13.6 Å². The number of hydrogen-bond acceptors (Lipinski definition) is 3. The van der Waals surface area contributed by atoms with E-state index in [9.17, 15) is 4.57 Å². The molecular weight excluding hydrogens is 248 g/mol. The summed E-state index contributed by atoms with van der Waals surface area (Å²) in [4.78, 5) is 0. The van der Waals surface area contributed by atoms with Gasteiger partial charge in [-0.25, -0.2) is 0 Å². The predicted octanol–water partition coefficient (Wildman–Crippen LogP) is 4.27. The molecule has 18 heavy (non-hydrogen) atoms. The smallest absolute Gasteiger partial charge is 0.308 e. The van der Waals surface area contributed by atoms with Gasteiger partial charge in [-0.3, -0.25) is 4.57 Å². The van der Waals surface area contributed by atoms with Gasteiger partial charge in [-0.1, -0.05) is 30.3 Å². The Bertz CT molecular complexity index is 391. The van der Waals surface area contributed by atoms with E-state index in [4.69, 9.17) is 9.05 Å². The largest absolute Gasteiger partial charge is 0.336 e. The van der Waals surface area contributed by atoms with E-state index in [2.05, 4.69) is 0 Å². The summed E-state index contributed by atoms with van der Waals surface area (Å²) < 4.78 is 23.7. The van der Waals surface area contributed by atoms with Gasteiger partial charge in [-0.15, -0.1) is 0 Å². The fourth-order valence-corrected chi connectivity index (χ4v) is 3.75. The van der Waals surface area contributed by atoms with E-state index in [0.29, 0.717) is 19.6 Å². The average molecular weight is 271 g/mol. The average Bonchev–Trinajstić information content (AvgIpc) is 2.30. The Morgan fingerprint density at radius 3 is 2.00 bits per heavy atom. The van der Waals surface area contributed by atoms with Gasteiger partial charge in [0.15, 0.2) is 0 Å². The fourth-order valence-electron chi connectivity index (χ4n) is 1.92. The summed E-state index contributed by atoms with van der Waals surface area (Å²) in [5.41, 5.74) is 1.14. The molecular formula is C14H23O3P. The zero-order valence-electron chi connectivity index (χ0n) is 11.7. The lowest BCUT2D eigenvalue weighted by molar-refractivity contribution is 0.200. The molecule has 0 fully saturated rings. The van der Waals surface area contributed by atoms with Crippen LogP contribution < -0.4 is 0 Å². The van der Waals surface area contributed by atoms with Crippen LogP contribution in [0.25, 0.3) is 0 Å². The summed E-state index contributed by atoms with van der Waals surface area (Å²) >= 11 is 0. The van der Waals surface area contributed by atoms with Gasteiger partial charge in [0.1, 0.15) is 0 Å². The van der Waals surface area contributed by atoms with Gasteiger partial charge in [0.2, 0.25) is 0 Å². The molecule has 0 aliphatic heterocycles. The van der Waals surface area contributed by atoms with E-state index in [-0.39, 0.29) is 0 Å². The van der Waals surface area contributed by atoms with Crippen molar-refractivity contribution in [1.29, 1.82) is 0 Å². The van der Waals surface area contributed by atoms with E-state index in [1.807, 2.05) is 58.0 Å². The first-order valence-corrected chi connectivity index (χ1v) is 7.92. The molecule has 102 valence electrons. The van der Waals surface area contributed by atoms with Crippen molar-refractivity contribution in [2.24, 2.45) is 0 Å². The maximum absolute atomic E-state index is 12.8. The van der Waals surface area contributed by atoms with Crippen LogP contribution in [0.4, 0.5) is 0 Å². The van der Waals surface area contributed by atoms with Crippen LogP contribution in [0.15, 0.2) is 30.3 Å². The lowest BCUT2D eigenvalue weighted by Gasteiger charge is -2.32. The van der Waals surface area contributed by atoms with Gasteiger partial charge in [-0.05, 0) is 39.7 Å². The van der Waals surface area contributed by atoms with Gasteiger partial charge in [0.25, 0.3) is 0 Å². The fraction of sp³-hybridized carbons (Fsp3) is 0.571. The molecule has 1 aromatic carbocycles. The van der Waals surface area contributed by atoms with E-state index in [0.717, 1.165) is 5.56 Å². The molecule has 0 spiro atoms. The molecule has 0 unspecified atom stereocenters. The van der Waals surface area contributed by atoms with Crippen molar-refractivity contribution in [3.05, 3.63) is 35.9 Å². The first kappa shape index (κ1) is 15.4. The highest BCUT2D eigenvalue weighted by Crippen LogP contribution is 2.60. The minimum absolute atomic E-state index is 0.398. The summed E-state index contributed by atoms with van der Waals surface area (Å²) in [6, 6.07) is 10.0. The molecule has 0 aliphatic rings. The summed E-state index contributed by atoms with van der Waals surface area (Å²) in [6.07, 6.45) is 0.672. The molecule has 0 aliphatic carbocycles. The Morgan fingerprint density at radius 1 is 1.06 bits per heavy atom. The maximum atomic E-state index is 12.8. The summed E-state index contributed by atoms with van der Waals surface area (Å²) in [5.74, 6) is 0. The Labute approximate surface area is 110 Å². The van der Waals surface area contributed by atoms with Gasteiger partial charge < -0.3 is 9.05 Å². The molecule has 0 saturated carbocycles. The Balaban J connectivity index is 2.91. The number of benzene rings is 1. The zero-order valence-corrected chi connectivity index (χ0v) is 12.6. The van der Waals surface area contributed by atoms with Crippen molar-refractivity contribution >= 4 is 7.60 Å². The van der Waals surface area contributed by atoms with Crippen LogP contribution >= 0.6 is 7.60 Å². The van der Waals surface area contributed by atoms with Crippen molar-refractivity contribution in [3.63, 3.8) is 0 Å². The monoisotopic (exact) mass is 271 g/mol. The van der Waals surface area contributed by atoms with Crippen molar-refractivity contribution in [2.45, 2.75) is 39.3 Å². The van der Waals surface area contributed by atoms with E-state index < -0.39 is 12.8 Å². The highest BCUT2D eigenvalue weighted by atomic mass is 31.2. The number of hydrogen-bond donors (Lipinski definition) is 0. The Morgan fingerprint density at radius 2 is 1.56 bits per heavy atom. The van der Waals surface area contributed by atoms with Gasteiger partial charge in [0, 0.05) is 0 Å². The summed E-state index contributed by atoms with van der Waals surface area (Å²) in [6.45, 7) is 8.34. The highest BCUT2D eigenvalue weighted by Gasteiger charge is 2.43. The lowest BCUT2D eigenvalue weighted by Crippen LogP contribution is -2.26. The van der Waals surface area contributed by atoms with Crippen LogP contribution in [0.2, 0.25) is 0 Å². The third-order valence-corrected chi connectivity index (χ3v) is 5.66. The van der Waals surface area contributed by atoms with Crippen LogP contribution in [0.3, 0.4) is 0 Å². The third-order valence-electron chi connectivity index (χ3n) is 2.82. The SMILES string of the molecule is CCOP(=O)(OCC)[13C](C)(C)Cc1ccccc1. The molecule has 0 radical (unpaired) electrons. The Hall–Kier alpha value is -0.630. The topological polar surface area (TPSA) is 35.5 Å². The minimum Gasteiger partial charge on any atom is -0.308 e. The molecule has 0 saturated heterocycles. The first-order valence-electron chi connectivity index (χ1n) is 6.38. The normalized spacial score (nSPS) is 12.7. The molecule has 0 amide bonds. The summed E-state index contributed by atoms with van der Waals surface area (Å²) in [7, 11) is -3.09. The predicted molar refractivity (Wildman–Crippen MR) is 75.1 cm³/mol. The van der Waals surface area contributed by atoms with E-state index >= 15 is 0 Å². The second-order valence-electron chi connectivity index (χ2n) is 4.81. The van der Waals surface area contributed by atoms with Gasteiger partial charge in [0.05, 0.1) is 18.4 Å². The molecule has 0 N–H and O–H groups in total. The van der Waals surface area contributed by atoms with Crippen LogP contribution in [0.1, 0.15) is 33.3 Å². The van der Waals surface area contributed by atoms with Gasteiger partial charge in [-0.2, -0.15) is 0 Å². The standard InChI is InChI=1S/C14H23O3P/c1-5-16-18(15,17-6-2)14(3,4)12-13-10-8-7-9-11-13/h7-11H,5-6,12H2,1-4H3/i14+1. The van der Waals surface area contributed by atoms with Crippen molar-refractivity contribution in [3.8, 4) is 0 Å². The second kappa shape index (κ2) is 6.51. The second-order valence-corrected chi connectivity index (χ2v) is 7.53. The molecule has 3 nitrogen and oxygen atoms in total. The molecule has 1 rings (SSSR count). The molecule has 0 aromatic heterocycles. The highest BCUT2D eigenvalue weighted by molar-refractivity contribution is 7.55. The zero-order chi connectivity index (χ0) is 13.6. The first-order chi connectivity index (χ1) is 8.45. The number of rotatable bonds is 7. The van der Waals surface area contributed by atoms with Crippen LogP contribution in [-0.4, -0.2) is 18.4 Å². The molecule has 0 atom stereocenters. The van der Waals surface area contributed by atoms with Crippen LogP contribution in [0, 0.1) is 0 Å². The minimum atomic E-state index is -3.09. The lowest BCUT2D eigenvalue weighted by atomic mass is 10.2. The molecule has 0 bridgehead atoms. The van der Waals surface area contributed by atoms with Gasteiger partial charge >= 0.3 is 7.60 Å². The van der Waals surface area contributed by atoms with Crippen molar-refractivity contribution in [2.75, 3.05) is 13.2 Å². The quantitative estimate of drug-likeness (QED) is 0.548. The molecule has 1 aromatic rings. The van der Waals surface area contributed by atoms with Crippen molar-refractivity contribution in [1.82, 2.24) is 0 Å². The van der Waals surface area contributed by atoms with Crippen LogP contribution in [-0.2, 0) is 20.0 Å². The Kier molecular flexibility index (Phi) is 5.58. The maximum Gasteiger partial charge on any atom is 0.336 e. The third kappa shape index (κ3) is 3.68. The molecule has 0 heterocycles. The van der Waals surface area contributed by atoms with Crippen LogP contribution in [0.5, 0.6) is 0 Å². The van der Waals surface area contributed by atoms with E-state index in [1.165, 1.54) is 0 Å². The summed E-state index contributed by atoms with van der Waals surface area (Å²) in [5, 5.41) is -0.527. The van der Waals surface area contributed by atoms with E-state index in [1.54, 1.807) is 0 Å².